The van der Waals surface area contributed by atoms with Crippen LogP contribution in [0.5, 0.6) is 0 Å². The Morgan fingerprint density at radius 2 is 2.00 bits per heavy atom. The summed E-state index contributed by atoms with van der Waals surface area (Å²) < 4.78 is 0. The summed E-state index contributed by atoms with van der Waals surface area (Å²) in [4.78, 5) is 17.3. The van der Waals surface area contributed by atoms with Gasteiger partial charge >= 0.3 is 0 Å². The van der Waals surface area contributed by atoms with Crippen LogP contribution in [-0.2, 0) is 0 Å². The lowest BCUT2D eigenvalue weighted by Gasteiger charge is -2.29. The van der Waals surface area contributed by atoms with Gasteiger partial charge < -0.3 is 16.0 Å². The quantitative estimate of drug-likeness (QED) is 0.480. The number of hydrogen-bond acceptors (Lipinski definition) is 6. The molecular weight excluding hydrogens is 374 g/mol. The number of aromatic amines is 1. The van der Waals surface area contributed by atoms with Crippen molar-refractivity contribution in [1.29, 1.82) is 5.26 Å². The lowest BCUT2D eigenvalue weighted by Crippen LogP contribution is -2.42. The van der Waals surface area contributed by atoms with Crippen molar-refractivity contribution in [2.75, 3.05) is 5.32 Å². The molecule has 0 aliphatic heterocycles. The smallest absolute Gasteiger partial charge is 0.223 e. The van der Waals surface area contributed by atoms with E-state index >= 15 is 0 Å². The van der Waals surface area contributed by atoms with Gasteiger partial charge in [0.25, 0.3) is 0 Å². The highest BCUT2D eigenvalue weighted by atomic mass is 15.1. The second-order valence-corrected chi connectivity index (χ2v) is 7.99. The number of nitrogens with one attached hydrogen (secondary N) is 2. The summed E-state index contributed by atoms with van der Waals surface area (Å²) in [5.41, 5.74) is 11.5. The Balaban J connectivity index is 1.62. The van der Waals surface area contributed by atoms with Gasteiger partial charge in [0.2, 0.25) is 5.95 Å². The average Bonchev–Trinajstić information content (AvgIpc) is 3.18. The Hall–Kier alpha value is -3.50. The molecule has 1 aromatic carbocycles. The van der Waals surface area contributed by atoms with Gasteiger partial charge in [0, 0.05) is 63.8 Å². The third kappa shape index (κ3) is 3.15. The first-order valence-corrected chi connectivity index (χ1v) is 10.3. The topological polar surface area (TPSA) is 116 Å². The van der Waals surface area contributed by atoms with Gasteiger partial charge in [-0.25, -0.2) is 9.97 Å². The summed E-state index contributed by atoms with van der Waals surface area (Å²) >= 11 is 0. The van der Waals surface area contributed by atoms with Crippen molar-refractivity contribution in [3.8, 4) is 17.2 Å². The van der Waals surface area contributed by atoms with E-state index in [4.69, 9.17) is 16.0 Å². The molecule has 0 bridgehead atoms. The van der Waals surface area contributed by atoms with Gasteiger partial charge in [-0.3, -0.25) is 4.98 Å². The van der Waals surface area contributed by atoms with Gasteiger partial charge in [-0.05, 0) is 31.9 Å². The molecular formula is C23H23N7. The summed E-state index contributed by atoms with van der Waals surface area (Å²) in [6.45, 7) is 1.97. The highest BCUT2D eigenvalue weighted by Crippen LogP contribution is 2.34. The normalized spacial score (nSPS) is 19.1. The first-order valence-electron chi connectivity index (χ1n) is 10.3. The molecule has 1 aliphatic carbocycles. The average molecular weight is 397 g/mol. The van der Waals surface area contributed by atoms with Crippen LogP contribution in [0.25, 0.3) is 32.9 Å². The van der Waals surface area contributed by atoms with E-state index in [1.165, 1.54) is 12.8 Å². The Kier molecular flexibility index (Phi) is 4.57. The summed E-state index contributed by atoms with van der Waals surface area (Å²) in [5.74, 6) is 0.600. The van der Waals surface area contributed by atoms with Crippen molar-refractivity contribution in [2.45, 2.75) is 44.7 Å². The molecule has 1 aliphatic rings. The molecule has 2 atom stereocenters. The maximum absolute atomic E-state index is 9.17. The molecule has 3 aromatic heterocycles. The number of hydrogen-bond donors (Lipinski definition) is 3. The van der Waals surface area contributed by atoms with Crippen LogP contribution in [0.3, 0.4) is 0 Å². The minimum atomic E-state index is 0.125. The third-order valence-corrected chi connectivity index (χ3v) is 6.06. The van der Waals surface area contributed by atoms with Gasteiger partial charge in [0.1, 0.15) is 0 Å². The Labute approximate surface area is 174 Å². The van der Waals surface area contributed by atoms with Crippen LogP contribution in [0.15, 0.2) is 36.8 Å². The summed E-state index contributed by atoms with van der Waals surface area (Å²) in [6.07, 6.45) is 10.1. The Morgan fingerprint density at radius 3 is 2.83 bits per heavy atom. The standard InChI is InChI=1S/C23H23N7/c1-13-16-10-28-23(29-20-5-3-2-4-19(20)25)30-22(16)18(12-26-13)17-11-27-21-8-14(9-24)6-7-15(17)21/h6-8,10-12,19-20,27H,2-5,25H2,1H3,(H,28,29,30). The van der Waals surface area contributed by atoms with E-state index in [1.54, 1.807) is 0 Å². The van der Waals surface area contributed by atoms with E-state index in [0.717, 1.165) is 51.5 Å². The molecule has 1 saturated carbocycles. The molecule has 5 rings (SSSR count). The number of rotatable bonds is 3. The minimum absolute atomic E-state index is 0.125. The fourth-order valence-electron chi connectivity index (χ4n) is 4.33. The van der Waals surface area contributed by atoms with Crippen LogP contribution >= 0.6 is 0 Å². The number of fused-ring (bicyclic) bond motifs is 2. The maximum Gasteiger partial charge on any atom is 0.223 e. The van der Waals surface area contributed by atoms with E-state index in [2.05, 4.69) is 26.3 Å². The molecule has 4 N–H and O–H groups in total. The van der Waals surface area contributed by atoms with Crippen LogP contribution < -0.4 is 11.1 Å². The number of nitrogens with two attached hydrogens (primary N) is 1. The first-order chi connectivity index (χ1) is 14.6. The summed E-state index contributed by atoms with van der Waals surface area (Å²) in [6, 6.07) is 8.15. The number of aryl methyl sites for hydroxylation is 1. The molecule has 30 heavy (non-hydrogen) atoms. The maximum atomic E-state index is 9.17. The predicted octanol–water partition coefficient (Wildman–Crippen LogP) is 4.04. The zero-order valence-corrected chi connectivity index (χ0v) is 16.8. The molecule has 0 radical (unpaired) electrons. The number of nitriles is 1. The van der Waals surface area contributed by atoms with E-state index in [9.17, 15) is 0 Å². The second-order valence-electron chi connectivity index (χ2n) is 7.99. The molecule has 150 valence electrons. The van der Waals surface area contributed by atoms with E-state index in [-0.39, 0.29) is 12.1 Å². The fourth-order valence-corrected chi connectivity index (χ4v) is 4.33. The van der Waals surface area contributed by atoms with Gasteiger partial charge in [-0.15, -0.1) is 0 Å². The summed E-state index contributed by atoms with van der Waals surface area (Å²) in [7, 11) is 0. The lowest BCUT2D eigenvalue weighted by atomic mass is 9.91. The first kappa shape index (κ1) is 18.5. The molecule has 1 fully saturated rings. The van der Waals surface area contributed by atoms with Crippen LogP contribution in [0, 0.1) is 18.3 Å². The van der Waals surface area contributed by atoms with E-state index < -0.39 is 0 Å². The zero-order valence-electron chi connectivity index (χ0n) is 16.8. The highest BCUT2D eigenvalue weighted by Gasteiger charge is 2.23. The van der Waals surface area contributed by atoms with Crippen LogP contribution in [0.1, 0.15) is 36.9 Å². The Morgan fingerprint density at radius 1 is 1.13 bits per heavy atom. The van der Waals surface area contributed by atoms with Crippen molar-refractivity contribution in [3.05, 3.63) is 48.0 Å². The number of benzene rings is 1. The van der Waals surface area contributed by atoms with Gasteiger partial charge in [-0.2, -0.15) is 5.26 Å². The molecule has 7 heteroatoms. The van der Waals surface area contributed by atoms with Gasteiger partial charge in [0.05, 0.1) is 17.1 Å². The fraction of sp³-hybridized carbons (Fsp3) is 0.304. The van der Waals surface area contributed by atoms with Crippen molar-refractivity contribution < 1.29 is 0 Å². The molecule has 4 aromatic rings. The summed E-state index contributed by atoms with van der Waals surface area (Å²) in [5, 5.41) is 14.6. The second kappa shape index (κ2) is 7.39. The molecule has 0 amide bonds. The van der Waals surface area contributed by atoms with Crippen LogP contribution in [-0.4, -0.2) is 32.0 Å². The lowest BCUT2D eigenvalue weighted by molar-refractivity contribution is 0.402. The zero-order chi connectivity index (χ0) is 20.7. The highest BCUT2D eigenvalue weighted by molar-refractivity contribution is 6.04. The van der Waals surface area contributed by atoms with Gasteiger partial charge in [-0.1, -0.05) is 18.9 Å². The van der Waals surface area contributed by atoms with Crippen molar-refractivity contribution in [1.82, 2.24) is 19.9 Å². The molecule has 7 nitrogen and oxygen atoms in total. The molecule has 3 heterocycles. The van der Waals surface area contributed by atoms with Crippen LogP contribution in [0.2, 0.25) is 0 Å². The van der Waals surface area contributed by atoms with Gasteiger partial charge in [0.15, 0.2) is 0 Å². The molecule has 0 saturated heterocycles. The number of nitrogens with zero attached hydrogens (tertiary/aromatic N) is 4. The Bertz CT molecular complexity index is 1280. The predicted molar refractivity (Wildman–Crippen MR) is 118 cm³/mol. The monoisotopic (exact) mass is 397 g/mol. The largest absolute Gasteiger partial charge is 0.361 e. The molecule has 2 unspecified atom stereocenters. The SMILES string of the molecule is Cc1ncc(-c2c[nH]c3cc(C#N)ccc23)c2nc(NC3CCCCC3N)ncc12. The minimum Gasteiger partial charge on any atom is -0.361 e. The van der Waals surface area contributed by atoms with Crippen molar-refractivity contribution >= 4 is 27.8 Å². The number of anilines is 1. The van der Waals surface area contributed by atoms with Crippen molar-refractivity contribution in [3.63, 3.8) is 0 Å². The van der Waals surface area contributed by atoms with Crippen LogP contribution in [0.4, 0.5) is 5.95 Å². The molecule has 0 spiro atoms. The number of H-pyrrole nitrogens is 1. The van der Waals surface area contributed by atoms with E-state index in [0.29, 0.717) is 11.5 Å². The van der Waals surface area contributed by atoms with Crippen molar-refractivity contribution in [2.24, 2.45) is 5.73 Å². The van der Waals surface area contributed by atoms with E-state index in [1.807, 2.05) is 43.7 Å². The number of aromatic nitrogens is 4. The number of pyridine rings is 1. The third-order valence-electron chi connectivity index (χ3n) is 6.06.